The number of ether oxygens (including phenoxy) is 1. The Morgan fingerprint density at radius 2 is 1.88 bits per heavy atom. The molecule has 1 aromatic carbocycles. The highest BCUT2D eigenvalue weighted by Crippen LogP contribution is 2.38. The maximum Gasteiger partial charge on any atom is 0.251 e. The van der Waals surface area contributed by atoms with Crippen molar-refractivity contribution in [2.24, 2.45) is 0 Å². The molecule has 1 aliphatic heterocycles. The van der Waals surface area contributed by atoms with Gasteiger partial charge in [-0.3, -0.25) is 9.10 Å². The second kappa shape index (κ2) is 8.73. The quantitative estimate of drug-likeness (QED) is 0.806. The van der Waals surface area contributed by atoms with Crippen LogP contribution in [0.4, 0.5) is 5.69 Å². The molecule has 7 nitrogen and oxygen atoms in total. The van der Waals surface area contributed by atoms with Crippen molar-refractivity contribution in [3.8, 4) is 5.75 Å². The Morgan fingerprint density at radius 1 is 1.31 bits per heavy atom. The normalized spacial score (nSPS) is 19.6. The highest BCUT2D eigenvalue weighted by Gasteiger charge is 2.37. The Hall–Kier alpha value is -1.80. The third-order valence-corrected chi connectivity index (χ3v) is 5.16. The topological polar surface area (TPSA) is 95.9 Å². The van der Waals surface area contributed by atoms with Crippen LogP contribution in [0.15, 0.2) is 24.3 Å². The number of sulfonamides is 1. The van der Waals surface area contributed by atoms with E-state index in [4.69, 9.17) is 4.74 Å². The number of hydrogen-bond acceptors (Lipinski definition) is 5. The predicted octanol–water partition coefficient (Wildman–Crippen LogP) is 1.91. The van der Waals surface area contributed by atoms with E-state index in [2.05, 4.69) is 5.32 Å². The summed E-state index contributed by atoms with van der Waals surface area (Å²) in [5.74, 6) is 0.0196. The molecule has 26 heavy (non-hydrogen) atoms. The summed E-state index contributed by atoms with van der Waals surface area (Å²) in [4.78, 5) is 11.7. The number of carbonyl (C=O) groups excluding carboxylic acids is 1. The van der Waals surface area contributed by atoms with Gasteiger partial charge in [0.15, 0.2) is 0 Å². The van der Waals surface area contributed by atoms with E-state index in [1.807, 2.05) is 13.8 Å². The zero-order valence-electron chi connectivity index (χ0n) is 16.3. The minimum Gasteiger partial charge on any atom is -0.486 e. The van der Waals surface area contributed by atoms with Gasteiger partial charge in [0, 0.05) is 13.0 Å². The molecule has 1 unspecified atom stereocenters. The largest absolute Gasteiger partial charge is 0.486 e. The van der Waals surface area contributed by atoms with Crippen molar-refractivity contribution in [2.75, 3.05) is 17.1 Å². The molecular weight excluding hydrogens is 356 g/mol. The van der Waals surface area contributed by atoms with E-state index in [0.717, 1.165) is 0 Å². The minimum atomic E-state index is -3.46. The van der Waals surface area contributed by atoms with Crippen LogP contribution in [0.5, 0.6) is 5.75 Å². The standard InChI is InChI=1S/C16H24N2O5S.C2H6/c1-11-13(9-10-17-15(19)16(2,3)20)23-14-8-6-5-7-12(14)18(11)24(4,21)22;1-2/h5-8,11,13,20H,9-10H2,1-4H3,(H,17,19);1-2H3/t11-,13?;/m1./s1. The van der Waals surface area contributed by atoms with Gasteiger partial charge in [-0.2, -0.15) is 0 Å². The molecule has 0 saturated carbocycles. The molecule has 0 spiro atoms. The first-order chi connectivity index (χ1) is 12.0. The average molecular weight is 387 g/mol. The van der Waals surface area contributed by atoms with Crippen molar-refractivity contribution in [3.63, 3.8) is 0 Å². The average Bonchev–Trinajstić information content (AvgIpc) is 2.55. The summed E-state index contributed by atoms with van der Waals surface area (Å²) in [6.45, 7) is 8.87. The molecule has 8 heteroatoms. The SMILES string of the molecule is CC.C[C@@H]1C(CCNC(=O)C(C)(C)O)Oc2ccccc2N1S(C)(=O)=O. The van der Waals surface area contributed by atoms with Crippen molar-refractivity contribution < 1.29 is 23.1 Å². The summed E-state index contributed by atoms with van der Waals surface area (Å²) >= 11 is 0. The summed E-state index contributed by atoms with van der Waals surface area (Å²) in [5, 5.41) is 12.3. The van der Waals surface area contributed by atoms with Crippen LogP contribution < -0.4 is 14.4 Å². The van der Waals surface area contributed by atoms with Gasteiger partial charge in [-0.05, 0) is 32.9 Å². The highest BCUT2D eigenvalue weighted by atomic mass is 32.2. The van der Waals surface area contributed by atoms with E-state index in [1.165, 1.54) is 24.4 Å². The fraction of sp³-hybridized carbons (Fsp3) is 0.611. The first kappa shape index (κ1) is 22.2. The Kier molecular flexibility index (Phi) is 7.46. The van der Waals surface area contributed by atoms with Crippen LogP contribution in [0.25, 0.3) is 0 Å². The molecule has 1 aliphatic rings. The first-order valence-electron chi connectivity index (χ1n) is 8.77. The van der Waals surface area contributed by atoms with E-state index >= 15 is 0 Å². The number of carbonyl (C=O) groups is 1. The van der Waals surface area contributed by atoms with E-state index in [1.54, 1.807) is 31.2 Å². The first-order valence-corrected chi connectivity index (χ1v) is 10.6. The molecule has 0 radical (unpaired) electrons. The molecular formula is C18H30N2O5S. The van der Waals surface area contributed by atoms with Gasteiger partial charge in [-0.1, -0.05) is 26.0 Å². The molecule has 2 N–H and O–H groups in total. The van der Waals surface area contributed by atoms with Crippen LogP contribution in [-0.4, -0.2) is 50.0 Å². The second-order valence-corrected chi connectivity index (χ2v) is 8.39. The van der Waals surface area contributed by atoms with Gasteiger partial charge in [-0.25, -0.2) is 8.42 Å². The summed E-state index contributed by atoms with van der Waals surface area (Å²) in [6, 6.07) is 6.56. The lowest BCUT2D eigenvalue weighted by Crippen LogP contribution is -2.51. The van der Waals surface area contributed by atoms with Crippen LogP contribution in [0.3, 0.4) is 0 Å². The molecule has 0 fully saturated rings. The zero-order valence-corrected chi connectivity index (χ0v) is 17.1. The molecule has 148 valence electrons. The van der Waals surface area contributed by atoms with Gasteiger partial charge in [-0.15, -0.1) is 0 Å². The van der Waals surface area contributed by atoms with Crippen molar-refractivity contribution in [2.45, 2.75) is 58.8 Å². The van der Waals surface area contributed by atoms with Crippen molar-refractivity contribution in [1.29, 1.82) is 0 Å². The molecule has 1 aromatic rings. The fourth-order valence-corrected chi connectivity index (χ4v) is 3.94. The van der Waals surface area contributed by atoms with Gasteiger partial charge in [0.2, 0.25) is 10.0 Å². The van der Waals surface area contributed by atoms with E-state index in [0.29, 0.717) is 17.9 Å². The molecule has 1 amide bonds. The summed E-state index contributed by atoms with van der Waals surface area (Å²) in [7, 11) is -3.46. The number of amides is 1. The van der Waals surface area contributed by atoms with Gasteiger partial charge < -0.3 is 15.2 Å². The van der Waals surface area contributed by atoms with E-state index < -0.39 is 33.7 Å². The highest BCUT2D eigenvalue weighted by molar-refractivity contribution is 7.92. The zero-order chi connectivity index (χ0) is 20.1. The molecule has 0 aromatic heterocycles. The molecule has 0 aliphatic carbocycles. The number of rotatable bonds is 5. The Morgan fingerprint density at radius 3 is 2.42 bits per heavy atom. The minimum absolute atomic E-state index is 0.275. The molecule has 0 bridgehead atoms. The summed E-state index contributed by atoms with van der Waals surface area (Å²) in [5.41, 5.74) is -0.936. The smallest absolute Gasteiger partial charge is 0.251 e. The maximum atomic E-state index is 12.2. The summed E-state index contributed by atoms with van der Waals surface area (Å²) in [6.07, 6.45) is 1.18. The van der Waals surface area contributed by atoms with Crippen molar-refractivity contribution in [3.05, 3.63) is 24.3 Å². The summed E-state index contributed by atoms with van der Waals surface area (Å²) < 4.78 is 31.6. The predicted molar refractivity (Wildman–Crippen MR) is 103 cm³/mol. The number of benzene rings is 1. The van der Waals surface area contributed by atoms with Gasteiger partial charge >= 0.3 is 0 Å². The third-order valence-electron chi connectivity index (χ3n) is 3.92. The second-order valence-electron chi connectivity index (χ2n) is 6.53. The van der Waals surface area contributed by atoms with Crippen LogP contribution in [0.1, 0.15) is 41.0 Å². The van der Waals surface area contributed by atoms with Crippen molar-refractivity contribution in [1.82, 2.24) is 5.32 Å². The van der Waals surface area contributed by atoms with Crippen LogP contribution >= 0.6 is 0 Å². The lowest BCUT2D eigenvalue weighted by atomic mass is 10.1. The number of hydrogen-bond donors (Lipinski definition) is 2. The third kappa shape index (κ3) is 5.35. The molecule has 2 atom stereocenters. The number of fused-ring (bicyclic) bond motifs is 1. The number of nitrogens with one attached hydrogen (secondary N) is 1. The van der Waals surface area contributed by atoms with Crippen LogP contribution in [0, 0.1) is 0 Å². The van der Waals surface area contributed by atoms with Crippen LogP contribution in [0.2, 0.25) is 0 Å². The molecule has 2 rings (SSSR count). The lowest BCUT2D eigenvalue weighted by Gasteiger charge is -2.40. The Bertz CT molecular complexity index is 713. The molecule has 0 saturated heterocycles. The fourth-order valence-electron chi connectivity index (χ4n) is 2.70. The van der Waals surface area contributed by atoms with Crippen molar-refractivity contribution >= 4 is 21.6 Å². The van der Waals surface area contributed by atoms with Crippen LogP contribution in [-0.2, 0) is 14.8 Å². The van der Waals surface area contributed by atoms with Gasteiger partial charge in [0.05, 0.1) is 18.0 Å². The molecule has 1 heterocycles. The maximum absolute atomic E-state index is 12.2. The number of aliphatic hydroxyl groups is 1. The Labute approximate surface area is 156 Å². The van der Waals surface area contributed by atoms with Gasteiger partial charge in [0.25, 0.3) is 5.91 Å². The van der Waals surface area contributed by atoms with E-state index in [9.17, 15) is 18.3 Å². The number of nitrogens with zero attached hydrogens (tertiary/aromatic N) is 1. The van der Waals surface area contributed by atoms with Gasteiger partial charge in [0.1, 0.15) is 17.5 Å². The monoisotopic (exact) mass is 386 g/mol. The number of anilines is 1. The Balaban J connectivity index is 0.00000163. The lowest BCUT2D eigenvalue weighted by molar-refractivity contribution is -0.136. The van der Waals surface area contributed by atoms with E-state index in [-0.39, 0.29) is 6.54 Å². The number of para-hydroxylation sites is 2.